The number of nitrogens with zero attached hydrogens (tertiary/aromatic N) is 1. The molecule has 0 atom stereocenters. The van der Waals surface area contributed by atoms with Crippen molar-refractivity contribution >= 4 is 28.8 Å². The van der Waals surface area contributed by atoms with Gasteiger partial charge in [0.1, 0.15) is 0 Å². The van der Waals surface area contributed by atoms with Gasteiger partial charge in [-0.15, -0.1) is 11.3 Å². The summed E-state index contributed by atoms with van der Waals surface area (Å²) in [6, 6.07) is 15.1. The van der Waals surface area contributed by atoms with Gasteiger partial charge < -0.3 is 20.1 Å². The number of ether oxygens (including phenoxy) is 2. The van der Waals surface area contributed by atoms with Crippen molar-refractivity contribution in [3.05, 3.63) is 75.5 Å². The molecule has 8 heteroatoms. The Hall–Kier alpha value is -3.36. The molecule has 0 saturated carbocycles. The van der Waals surface area contributed by atoms with Crippen LogP contribution >= 0.6 is 11.3 Å². The summed E-state index contributed by atoms with van der Waals surface area (Å²) in [7, 11) is 3.02. The van der Waals surface area contributed by atoms with E-state index in [-0.39, 0.29) is 11.8 Å². The molecule has 1 aliphatic heterocycles. The summed E-state index contributed by atoms with van der Waals surface area (Å²) in [4.78, 5) is 28.8. The number of benzene rings is 2. The van der Waals surface area contributed by atoms with Gasteiger partial charge in [0, 0.05) is 19.2 Å². The van der Waals surface area contributed by atoms with E-state index in [9.17, 15) is 9.59 Å². The van der Waals surface area contributed by atoms with Gasteiger partial charge in [-0.3, -0.25) is 14.5 Å². The summed E-state index contributed by atoms with van der Waals surface area (Å²) in [5.41, 5.74) is 2.94. The molecular weight excluding hydrogens is 462 g/mol. The van der Waals surface area contributed by atoms with E-state index in [4.69, 9.17) is 9.47 Å². The molecule has 0 aliphatic carbocycles. The molecule has 0 unspecified atom stereocenters. The number of carbonyl (C=O) groups excluding carboxylic acids is 2. The highest BCUT2D eigenvalue weighted by atomic mass is 32.1. The zero-order valence-corrected chi connectivity index (χ0v) is 21.0. The van der Waals surface area contributed by atoms with Gasteiger partial charge in [-0.25, -0.2) is 0 Å². The van der Waals surface area contributed by atoms with Crippen LogP contribution < -0.4 is 20.1 Å². The second kappa shape index (κ2) is 11.9. The summed E-state index contributed by atoms with van der Waals surface area (Å²) in [5.74, 6) is 0.235. The average molecular weight is 494 g/mol. The highest BCUT2D eigenvalue weighted by Gasteiger charge is 2.19. The minimum Gasteiger partial charge on any atom is -0.493 e. The minimum atomic E-state index is -0.315. The predicted molar refractivity (Wildman–Crippen MR) is 139 cm³/mol. The maximum atomic E-state index is 13.1. The first-order valence-corrected chi connectivity index (χ1v) is 12.6. The van der Waals surface area contributed by atoms with Crippen molar-refractivity contribution in [2.24, 2.45) is 0 Å². The van der Waals surface area contributed by atoms with Gasteiger partial charge >= 0.3 is 0 Å². The molecule has 0 bridgehead atoms. The minimum absolute atomic E-state index is 0.287. The Kier molecular flexibility index (Phi) is 8.39. The summed E-state index contributed by atoms with van der Waals surface area (Å²) < 4.78 is 10.7. The molecule has 7 nitrogen and oxygen atoms in total. The van der Waals surface area contributed by atoms with Gasteiger partial charge in [0.25, 0.3) is 11.8 Å². The number of likely N-dealkylation sites (tertiary alicyclic amines) is 1. The third-order valence-electron chi connectivity index (χ3n) is 6.09. The maximum absolute atomic E-state index is 13.1. The van der Waals surface area contributed by atoms with Crippen molar-refractivity contribution in [3.8, 4) is 11.5 Å². The maximum Gasteiger partial charge on any atom is 0.265 e. The Morgan fingerprint density at radius 3 is 2.26 bits per heavy atom. The van der Waals surface area contributed by atoms with E-state index in [0.29, 0.717) is 34.2 Å². The third kappa shape index (κ3) is 6.41. The Labute approximate surface area is 210 Å². The highest BCUT2D eigenvalue weighted by molar-refractivity contribution is 7.12. The zero-order chi connectivity index (χ0) is 24.6. The summed E-state index contributed by atoms with van der Waals surface area (Å²) >= 11 is 1.33. The van der Waals surface area contributed by atoms with Crippen LogP contribution in [0, 0.1) is 0 Å². The lowest BCUT2D eigenvalue weighted by Crippen LogP contribution is -2.29. The number of amides is 2. The van der Waals surface area contributed by atoms with Crippen LogP contribution in [0.3, 0.4) is 0 Å². The SMILES string of the molecule is COc1cc(NC(=O)c2cccs2)c(C(=O)NCc2ccc(CN3CCCCC3)cc2)cc1OC. The number of rotatable bonds is 9. The monoisotopic (exact) mass is 493 g/mol. The summed E-state index contributed by atoms with van der Waals surface area (Å²) in [6.45, 7) is 3.66. The Morgan fingerprint density at radius 2 is 1.60 bits per heavy atom. The van der Waals surface area contributed by atoms with Crippen molar-refractivity contribution in [2.75, 3.05) is 32.6 Å². The van der Waals surface area contributed by atoms with Gasteiger partial charge in [0.2, 0.25) is 0 Å². The molecule has 2 heterocycles. The normalized spacial score (nSPS) is 13.8. The second-order valence-electron chi connectivity index (χ2n) is 8.52. The number of piperidine rings is 1. The van der Waals surface area contributed by atoms with Crippen LogP contribution in [0.1, 0.15) is 50.4 Å². The molecule has 2 amide bonds. The highest BCUT2D eigenvalue weighted by Crippen LogP contribution is 2.34. The predicted octanol–water partition coefficient (Wildman–Crippen LogP) is 4.93. The second-order valence-corrected chi connectivity index (χ2v) is 9.47. The first-order chi connectivity index (χ1) is 17.1. The van der Waals surface area contributed by atoms with Gasteiger partial charge in [-0.2, -0.15) is 0 Å². The van der Waals surface area contributed by atoms with Crippen molar-refractivity contribution in [3.63, 3.8) is 0 Å². The molecule has 1 aliphatic rings. The number of anilines is 1. The lowest BCUT2D eigenvalue weighted by molar-refractivity contribution is 0.0951. The van der Waals surface area contributed by atoms with Gasteiger partial charge in [0.05, 0.1) is 30.3 Å². The smallest absolute Gasteiger partial charge is 0.265 e. The van der Waals surface area contributed by atoms with Crippen LogP contribution in [0.4, 0.5) is 5.69 Å². The molecule has 0 radical (unpaired) electrons. The molecule has 0 spiro atoms. The van der Waals surface area contributed by atoms with Crippen LogP contribution in [0.5, 0.6) is 11.5 Å². The Balaban J connectivity index is 1.45. The van der Waals surface area contributed by atoms with Crippen LogP contribution in [0.2, 0.25) is 0 Å². The van der Waals surface area contributed by atoms with E-state index < -0.39 is 0 Å². The van der Waals surface area contributed by atoms with E-state index >= 15 is 0 Å². The van der Waals surface area contributed by atoms with E-state index in [2.05, 4.69) is 27.7 Å². The summed E-state index contributed by atoms with van der Waals surface area (Å²) in [5, 5.41) is 7.62. The van der Waals surface area contributed by atoms with E-state index in [1.54, 1.807) is 24.3 Å². The van der Waals surface area contributed by atoms with Gasteiger partial charge in [-0.05, 0) is 54.6 Å². The zero-order valence-electron chi connectivity index (χ0n) is 20.1. The number of hydrogen-bond donors (Lipinski definition) is 2. The number of hydrogen-bond acceptors (Lipinski definition) is 6. The molecule has 4 rings (SSSR count). The van der Waals surface area contributed by atoms with Gasteiger partial charge in [0.15, 0.2) is 11.5 Å². The molecule has 1 fully saturated rings. The fraction of sp³-hybridized carbons (Fsp3) is 0.333. The fourth-order valence-electron chi connectivity index (χ4n) is 4.18. The van der Waals surface area contributed by atoms with Crippen LogP contribution in [0.25, 0.3) is 0 Å². The van der Waals surface area contributed by atoms with Crippen molar-refractivity contribution in [1.29, 1.82) is 0 Å². The fourth-order valence-corrected chi connectivity index (χ4v) is 4.80. The lowest BCUT2D eigenvalue weighted by Gasteiger charge is -2.26. The number of methoxy groups -OCH3 is 2. The van der Waals surface area contributed by atoms with Crippen LogP contribution in [-0.4, -0.2) is 44.0 Å². The molecule has 1 aromatic heterocycles. The first-order valence-electron chi connectivity index (χ1n) is 11.8. The summed E-state index contributed by atoms with van der Waals surface area (Å²) in [6.07, 6.45) is 3.88. The van der Waals surface area contributed by atoms with Crippen LogP contribution in [-0.2, 0) is 13.1 Å². The van der Waals surface area contributed by atoms with E-state index in [1.165, 1.54) is 50.4 Å². The van der Waals surface area contributed by atoms with Crippen LogP contribution in [0.15, 0.2) is 53.9 Å². The number of carbonyl (C=O) groups is 2. The third-order valence-corrected chi connectivity index (χ3v) is 6.96. The standard InChI is InChI=1S/C27H31N3O4S/c1-33-23-15-21(22(16-24(23)34-2)29-27(32)25-7-6-14-35-25)26(31)28-17-19-8-10-20(11-9-19)18-30-12-4-3-5-13-30/h6-11,14-16H,3-5,12-13,17-18H2,1-2H3,(H,28,31)(H,29,32). The van der Waals surface area contributed by atoms with Crippen molar-refractivity contribution in [2.45, 2.75) is 32.4 Å². The lowest BCUT2D eigenvalue weighted by atomic mass is 10.1. The topological polar surface area (TPSA) is 79.9 Å². The number of thiophene rings is 1. The largest absolute Gasteiger partial charge is 0.493 e. The quantitative estimate of drug-likeness (QED) is 0.442. The molecular formula is C27H31N3O4S. The molecule has 35 heavy (non-hydrogen) atoms. The Morgan fingerprint density at radius 1 is 0.914 bits per heavy atom. The van der Waals surface area contributed by atoms with E-state index in [1.807, 2.05) is 17.5 Å². The number of nitrogens with one attached hydrogen (secondary N) is 2. The van der Waals surface area contributed by atoms with Gasteiger partial charge in [-0.1, -0.05) is 36.8 Å². The molecule has 1 saturated heterocycles. The Bertz CT molecular complexity index is 1140. The molecule has 184 valence electrons. The first kappa shape index (κ1) is 24.8. The average Bonchev–Trinajstić information content (AvgIpc) is 3.44. The molecule has 3 aromatic rings. The van der Waals surface area contributed by atoms with Crippen molar-refractivity contribution in [1.82, 2.24) is 10.2 Å². The molecule has 2 N–H and O–H groups in total. The van der Waals surface area contributed by atoms with E-state index in [0.717, 1.165) is 25.2 Å². The molecule has 2 aromatic carbocycles. The van der Waals surface area contributed by atoms with Crippen molar-refractivity contribution < 1.29 is 19.1 Å².